The van der Waals surface area contributed by atoms with Gasteiger partial charge in [0, 0.05) is 13.6 Å². The number of esters is 1. The molecule has 2 aromatic carbocycles. The molecule has 6 nitrogen and oxygen atoms in total. The summed E-state index contributed by atoms with van der Waals surface area (Å²) >= 11 is 0. The Bertz CT molecular complexity index is 853. The van der Waals surface area contributed by atoms with Gasteiger partial charge in [0.05, 0.1) is 20.6 Å². The van der Waals surface area contributed by atoms with Crippen molar-refractivity contribution in [1.29, 1.82) is 0 Å². The van der Waals surface area contributed by atoms with E-state index in [4.69, 9.17) is 14.2 Å². The van der Waals surface area contributed by atoms with Gasteiger partial charge in [-0.15, -0.1) is 0 Å². The standard InChI is InChI=1S/C21H24FNO5/c1-14-5-6-15(10-19(14)27-4)11-21(25)28-13-20(24)23(2)12-16-7-8-18(26-3)17(22)9-16/h5-10H,11-13H2,1-4H3. The third kappa shape index (κ3) is 5.70. The highest BCUT2D eigenvalue weighted by molar-refractivity contribution is 5.81. The molecule has 0 atom stereocenters. The molecule has 7 heteroatoms. The zero-order chi connectivity index (χ0) is 20.7. The molecule has 0 unspecified atom stereocenters. The molecule has 2 aromatic rings. The average molecular weight is 389 g/mol. The lowest BCUT2D eigenvalue weighted by Gasteiger charge is -2.17. The molecule has 0 N–H and O–H groups in total. The van der Waals surface area contributed by atoms with Gasteiger partial charge in [0.25, 0.3) is 5.91 Å². The smallest absolute Gasteiger partial charge is 0.310 e. The summed E-state index contributed by atoms with van der Waals surface area (Å²) in [5.41, 5.74) is 2.31. The predicted octanol–water partition coefficient (Wildman–Crippen LogP) is 2.90. The minimum Gasteiger partial charge on any atom is -0.496 e. The number of hydrogen-bond acceptors (Lipinski definition) is 5. The van der Waals surface area contributed by atoms with E-state index in [0.717, 1.165) is 11.1 Å². The van der Waals surface area contributed by atoms with E-state index >= 15 is 0 Å². The summed E-state index contributed by atoms with van der Waals surface area (Å²) in [6.45, 7) is 1.72. The Kier molecular flexibility index (Phi) is 7.37. The van der Waals surface area contributed by atoms with Crippen molar-refractivity contribution in [2.75, 3.05) is 27.9 Å². The van der Waals surface area contributed by atoms with Crippen LogP contribution in [0.3, 0.4) is 0 Å². The molecule has 0 bridgehead atoms. The summed E-state index contributed by atoms with van der Waals surface area (Å²) in [5, 5.41) is 0. The number of carbonyl (C=O) groups is 2. The largest absolute Gasteiger partial charge is 0.496 e. The maximum absolute atomic E-state index is 13.7. The van der Waals surface area contributed by atoms with Crippen LogP contribution >= 0.6 is 0 Å². The van der Waals surface area contributed by atoms with Crippen molar-refractivity contribution in [3.63, 3.8) is 0 Å². The van der Waals surface area contributed by atoms with Gasteiger partial charge >= 0.3 is 5.97 Å². The van der Waals surface area contributed by atoms with Crippen LogP contribution in [-0.2, 0) is 27.3 Å². The van der Waals surface area contributed by atoms with Crippen LogP contribution in [0.2, 0.25) is 0 Å². The number of nitrogens with zero attached hydrogens (tertiary/aromatic N) is 1. The SMILES string of the molecule is COc1cc(CC(=O)OCC(=O)N(C)Cc2ccc(OC)c(F)c2)ccc1C. The molecule has 150 valence electrons. The van der Waals surface area contributed by atoms with E-state index in [9.17, 15) is 14.0 Å². The summed E-state index contributed by atoms with van der Waals surface area (Å²) in [6.07, 6.45) is 0.0390. The molecule has 0 fully saturated rings. The van der Waals surface area contributed by atoms with Gasteiger partial charge in [0.15, 0.2) is 18.2 Å². The summed E-state index contributed by atoms with van der Waals surface area (Å²) in [5.74, 6) is -0.567. The van der Waals surface area contributed by atoms with Crippen molar-refractivity contribution < 1.29 is 28.2 Å². The van der Waals surface area contributed by atoms with Gasteiger partial charge < -0.3 is 19.1 Å². The molecule has 0 aliphatic carbocycles. The van der Waals surface area contributed by atoms with E-state index in [1.807, 2.05) is 19.1 Å². The third-order valence-corrected chi connectivity index (χ3v) is 4.24. The van der Waals surface area contributed by atoms with Crippen LogP contribution in [0.4, 0.5) is 4.39 Å². The second kappa shape index (κ2) is 9.73. The Morgan fingerprint density at radius 3 is 2.32 bits per heavy atom. The van der Waals surface area contributed by atoms with Gasteiger partial charge in [-0.3, -0.25) is 9.59 Å². The number of methoxy groups -OCH3 is 2. The van der Waals surface area contributed by atoms with Gasteiger partial charge in [-0.1, -0.05) is 18.2 Å². The molecule has 0 saturated heterocycles. The Labute approximate surface area is 163 Å². The zero-order valence-electron chi connectivity index (χ0n) is 16.5. The number of amides is 1. The molecule has 0 radical (unpaired) electrons. The number of ether oxygens (including phenoxy) is 3. The second-order valence-electron chi connectivity index (χ2n) is 6.36. The van der Waals surface area contributed by atoms with Crippen molar-refractivity contribution in [1.82, 2.24) is 4.90 Å². The number of aryl methyl sites for hydroxylation is 1. The van der Waals surface area contributed by atoms with Crippen LogP contribution in [0.5, 0.6) is 11.5 Å². The lowest BCUT2D eigenvalue weighted by atomic mass is 10.1. The molecule has 0 heterocycles. The number of hydrogen-bond donors (Lipinski definition) is 0. The monoisotopic (exact) mass is 389 g/mol. The van der Waals surface area contributed by atoms with E-state index in [1.165, 1.54) is 24.1 Å². The summed E-state index contributed by atoms with van der Waals surface area (Å²) < 4.78 is 28.9. The first-order valence-corrected chi connectivity index (χ1v) is 8.69. The number of rotatable bonds is 8. The number of likely N-dealkylation sites (N-methyl/N-ethyl adjacent to an activating group) is 1. The van der Waals surface area contributed by atoms with Crippen LogP contribution in [0.15, 0.2) is 36.4 Å². The van der Waals surface area contributed by atoms with Crippen molar-refractivity contribution in [2.45, 2.75) is 19.9 Å². The first-order valence-electron chi connectivity index (χ1n) is 8.69. The highest BCUT2D eigenvalue weighted by Gasteiger charge is 2.14. The van der Waals surface area contributed by atoms with Crippen molar-refractivity contribution in [2.24, 2.45) is 0 Å². The third-order valence-electron chi connectivity index (χ3n) is 4.24. The van der Waals surface area contributed by atoms with Crippen LogP contribution in [0.25, 0.3) is 0 Å². The average Bonchev–Trinajstić information content (AvgIpc) is 2.67. The lowest BCUT2D eigenvalue weighted by Crippen LogP contribution is -2.31. The summed E-state index contributed by atoms with van der Waals surface area (Å²) in [4.78, 5) is 25.5. The van der Waals surface area contributed by atoms with E-state index in [0.29, 0.717) is 11.3 Å². The van der Waals surface area contributed by atoms with Gasteiger partial charge in [-0.05, 0) is 41.8 Å². The molecule has 28 heavy (non-hydrogen) atoms. The van der Waals surface area contributed by atoms with Crippen molar-refractivity contribution in [3.05, 3.63) is 58.9 Å². The molecule has 0 aromatic heterocycles. The summed E-state index contributed by atoms with van der Waals surface area (Å²) in [7, 11) is 4.51. The topological polar surface area (TPSA) is 65.1 Å². The van der Waals surface area contributed by atoms with Crippen LogP contribution < -0.4 is 9.47 Å². The number of carbonyl (C=O) groups excluding carboxylic acids is 2. The van der Waals surface area contributed by atoms with Crippen LogP contribution in [-0.4, -0.2) is 44.7 Å². The van der Waals surface area contributed by atoms with Crippen molar-refractivity contribution >= 4 is 11.9 Å². The molecule has 2 rings (SSSR count). The van der Waals surface area contributed by atoms with E-state index in [-0.39, 0.29) is 31.2 Å². The number of benzene rings is 2. The Hall–Kier alpha value is -3.09. The Morgan fingerprint density at radius 2 is 1.68 bits per heavy atom. The summed E-state index contributed by atoms with van der Waals surface area (Å²) in [6, 6.07) is 9.91. The fourth-order valence-electron chi connectivity index (χ4n) is 2.61. The maximum Gasteiger partial charge on any atom is 0.310 e. The molecule has 0 aliphatic rings. The van der Waals surface area contributed by atoms with Gasteiger partial charge in [-0.2, -0.15) is 0 Å². The van der Waals surface area contributed by atoms with Crippen LogP contribution in [0.1, 0.15) is 16.7 Å². The second-order valence-corrected chi connectivity index (χ2v) is 6.36. The van der Waals surface area contributed by atoms with Gasteiger partial charge in [-0.25, -0.2) is 4.39 Å². The maximum atomic E-state index is 13.7. The fourth-order valence-corrected chi connectivity index (χ4v) is 2.61. The molecule has 0 aliphatic heterocycles. The quantitative estimate of drug-likeness (QED) is 0.650. The first kappa shape index (κ1) is 21.2. The van der Waals surface area contributed by atoms with E-state index in [2.05, 4.69) is 0 Å². The Balaban J connectivity index is 1.85. The zero-order valence-corrected chi connectivity index (χ0v) is 16.5. The number of halogens is 1. The predicted molar refractivity (Wildman–Crippen MR) is 102 cm³/mol. The first-order chi connectivity index (χ1) is 13.3. The molecular formula is C21H24FNO5. The Morgan fingerprint density at radius 1 is 1.00 bits per heavy atom. The van der Waals surface area contributed by atoms with Gasteiger partial charge in [0.1, 0.15) is 5.75 Å². The minimum absolute atomic E-state index is 0.0390. The molecule has 1 amide bonds. The molecule has 0 saturated carbocycles. The van der Waals surface area contributed by atoms with E-state index < -0.39 is 11.8 Å². The van der Waals surface area contributed by atoms with E-state index in [1.54, 1.807) is 26.3 Å². The molecule has 0 spiro atoms. The lowest BCUT2D eigenvalue weighted by molar-refractivity contribution is -0.151. The fraction of sp³-hybridized carbons (Fsp3) is 0.333. The highest BCUT2D eigenvalue weighted by Crippen LogP contribution is 2.20. The molecular weight excluding hydrogens is 365 g/mol. The minimum atomic E-state index is -0.511. The van der Waals surface area contributed by atoms with Crippen LogP contribution in [0, 0.1) is 12.7 Å². The highest BCUT2D eigenvalue weighted by atomic mass is 19.1. The van der Waals surface area contributed by atoms with Crippen molar-refractivity contribution in [3.8, 4) is 11.5 Å². The van der Waals surface area contributed by atoms with Gasteiger partial charge in [0.2, 0.25) is 0 Å². The normalized spacial score (nSPS) is 10.3.